The zero-order chi connectivity index (χ0) is 13.8. The van der Waals surface area contributed by atoms with Gasteiger partial charge in [0.15, 0.2) is 0 Å². The fraction of sp³-hybridized carbons (Fsp3) is 1.00. The first kappa shape index (κ1) is 15.1. The van der Waals surface area contributed by atoms with E-state index in [1.54, 1.807) is 0 Å². The Kier molecular flexibility index (Phi) is 5.29. The molecule has 1 spiro atoms. The molecule has 3 atom stereocenters. The largest absolute Gasteiger partial charge is 0.374 e. The predicted octanol–water partition coefficient (Wildman–Crippen LogP) is 2.51. The van der Waals surface area contributed by atoms with E-state index in [2.05, 4.69) is 28.9 Å². The molecule has 3 nitrogen and oxygen atoms in total. The summed E-state index contributed by atoms with van der Waals surface area (Å²) in [5.74, 6) is 2.53. The van der Waals surface area contributed by atoms with Crippen LogP contribution in [-0.4, -0.2) is 60.3 Å². The van der Waals surface area contributed by atoms with E-state index in [0.29, 0.717) is 0 Å². The second-order valence-corrected chi connectivity index (χ2v) is 7.78. The lowest BCUT2D eigenvalue weighted by molar-refractivity contribution is -0.0983. The van der Waals surface area contributed by atoms with Crippen molar-refractivity contribution in [3.05, 3.63) is 0 Å². The summed E-state index contributed by atoms with van der Waals surface area (Å²) in [4.78, 5) is 2.83. The molecule has 3 aliphatic rings. The molecule has 0 aliphatic carbocycles. The molecule has 3 aliphatic heterocycles. The van der Waals surface area contributed by atoms with Crippen LogP contribution < -0.4 is 5.32 Å². The van der Waals surface area contributed by atoms with E-state index in [1.165, 1.54) is 63.1 Å². The van der Waals surface area contributed by atoms with Crippen molar-refractivity contribution in [1.82, 2.24) is 10.2 Å². The highest BCUT2D eigenvalue weighted by Crippen LogP contribution is 2.40. The number of hydrogen-bond donors (Lipinski definition) is 1. The smallest absolute Gasteiger partial charge is 0.0795 e. The van der Waals surface area contributed by atoms with Gasteiger partial charge in [-0.25, -0.2) is 0 Å². The molecule has 0 amide bonds. The van der Waals surface area contributed by atoms with Crippen LogP contribution in [0.3, 0.4) is 0 Å². The first-order valence-corrected chi connectivity index (χ1v) is 9.67. The Bertz CT molecular complexity index is 307. The molecule has 3 saturated heterocycles. The number of thioether (sulfide) groups is 1. The van der Waals surface area contributed by atoms with Crippen molar-refractivity contribution in [2.45, 2.75) is 63.1 Å². The molecule has 3 rings (SSSR count). The molecule has 116 valence electrons. The summed E-state index contributed by atoms with van der Waals surface area (Å²) in [6.07, 6.45) is 7.99. The topological polar surface area (TPSA) is 24.5 Å². The molecule has 3 fully saturated rings. The number of ether oxygens (including phenoxy) is 1. The first-order chi connectivity index (χ1) is 9.83. The second-order valence-electron chi connectivity index (χ2n) is 6.68. The average Bonchev–Trinajstić information content (AvgIpc) is 2.93. The maximum atomic E-state index is 6.20. The van der Waals surface area contributed by atoms with E-state index >= 15 is 0 Å². The van der Waals surface area contributed by atoms with Crippen LogP contribution in [-0.2, 0) is 4.74 Å². The van der Waals surface area contributed by atoms with Gasteiger partial charge in [0.2, 0.25) is 0 Å². The molecule has 0 bridgehead atoms. The summed E-state index contributed by atoms with van der Waals surface area (Å²) >= 11 is 2.09. The van der Waals surface area contributed by atoms with Gasteiger partial charge in [-0.05, 0) is 50.9 Å². The third kappa shape index (κ3) is 3.34. The fourth-order valence-electron chi connectivity index (χ4n) is 4.18. The van der Waals surface area contributed by atoms with E-state index in [1.807, 2.05) is 0 Å². The Balaban J connectivity index is 1.63. The first-order valence-electron chi connectivity index (χ1n) is 8.51. The van der Waals surface area contributed by atoms with Gasteiger partial charge in [-0.2, -0.15) is 11.8 Å². The highest BCUT2D eigenvalue weighted by atomic mass is 32.2. The van der Waals surface area contributed by atoms with Gasteiger partial charge >= 0.3 is 0 Å². The molecule has 0 aromatic heterocycles. The summed E-state index contributed by atoms with van der Waals surface area (Å²) < 4.78 is 6.20. The van der Waals surface area contributed by atoms with Gasteiger partial charge in [0.25, 0.3) is 0 Å². The van der Waals surface area contributed by atoms with Crippen molar-refractivity contribution in [1.29, 1.82) is 0 Å². The van der Waals surface area contributed by atoms with Gasteiger partial charge in [0.1, 0.15) is 0 Å². The lowest BCUT2D eigenvalue weighted by Crippen LogP contribution is -2.55. The Morgan fingerprint density at radius 3 is 3.10 bits per heavy atom. The van der Waals surface area contributed by atoms with E-state index in [-0.39, 0.29) is 5.60 Å². The van der Waals surface area contributed by atoms with Crippen LogP contribution in [0.5, 0.6) is 0 Å². The normalized spacial score (nSPS) is 39.5. The standard InChI is InChI=1S/C16H30N2OS/c1-2-17-12-15-5-3-4-8-18(15)14-6-9-19-16(11-14)7-10-20-13-16/h14-15,17H,2-13H2,1H3. The minimum Gasteiger partial charge on any atom is -0.374 e. The number of piperidine rings is 1. The van der Waals surface area contributed by atoms with Crippen molar-refractivity contribution in [2.24, 2.45) is 0 Å². The molecular weight excluding hydrogens is 268 g/mol. The number of rotatable bonds is 4. The van der Waals surface area contributed by atoms with Crippen LogP contribution in [0.1, 0.15) is 45.4 Å². The molecule has 0 saturated carbocycles. The van der Waals surface area contributed by atoms with Gasteiger partial charge in [-0.15, -0.1) is 0 Å². The van der Waals surface area contributed by atoms with E-state index in [4.69, 9.17) is 4.74 Å². The summed E-state index contributed by atoms with van der Waals surface area (Å²) in [5, 5.41) is 3.57. The van der Waals surface area contributed by atoms with Crippen molar-refractivity contribution in [3.8, 4) is 0 Å². The van der Waals surface area contributed by atoms with Crippen LogP contribution in [0.25, 0.3) is 0 Å². The Labute approximate surface area is 128 Å². The van der Waals surface area contributed by atoms with Gasteiger partial charge in [0.05, 0.1) is 5.60 Å². The van der Waals surface area contributed by atoms with E-state index < -0.39 is 0 Å². The number of nitrogens with zero attached hydrogens (tertiary/aromatic N) is 1. The molecule has 0 radical (unpaired) electrons. The van der Waals surface area contributed by atoms with Crippen LogP contribution in [0.15, 0.2) is 0 Å². The summed E-state index contributed by atoms with van der Waals surface area (Å²) in [5.41, 5.74) is 0.230. The number of likely N-dealkylation sites (tertiary alicyclic amines) is 1. The molecule has 1 N–H and O–H groups in total. The molecule has 3 unspecified atom stereocenters. The minimum absolute atomic E-state index is 0.230. The Morgan fingerprint density at radius 1 is 1.35 bits per heavy atom. The molecule has 0 aromatic carbocycles. The van der Waals surface area contributed by atoms with Gasteiger partial charge < -0.3 is 10.1 Å². The molecule has 4 heteroatoms. The van der Waals surface area contributed by atoms with Gasteiger partial charge in [-0.3, -0.25) is 4.90 Å². The highest BCUT2D eigenvalue weighted by Gasteiger charge is 2.43. The maximum Gasteiger partial charge on any atom is 0.0795 e. The molecule has 3 heterocycles. The van der Waals surface area contributed by atoms with Crippen LogP contribution in [0, 0.1) is 0 Å². The fourth-order valence-corrected chi connectivity index (χ4v) is 5.56. The highest BCUT2D eigenvalue weighted by molar-refractivity contribution is 7.99. The maximum absolute atomic E-state index is 6.20. The third-order valence-corrected chi connectivity index (χ3v) is 6.53. The zero-order valence-corrected chi connectivity index (χ0v) is 13.7. The van der Waals surface area contributed by atoms with E-state index in [9.17, 15) is 0 Å². The summed E-state index contributed by atoms with van der Waals surface area (Å²) in [6.45, 7) is 6.78. The van der Waals surface area contributed by atoms with Gasteiger partial charge in [-0.1, -0.05) is 13.3 Å². The quantitative estimate of drug-likeness (QED) is 0.862. The van der Waals surface area contributed by atoms with Crippen molar-refractivity contribution >= 4 is 11.8 Å². The Morgan fingerprint density at radius 2 is 2.30 bits per heavy atom. The van der Waals surface area contributed by atoms with Crippen LogP contribution in [0.4, 0.5) is 0 Å². The van der Waals surface area contributed by atoms with Crippen molar-refractivity contribution in [2.75, 3.05) is 37.7 Å². The van der Waals surface area contributed by atoms with Crippen molar-refractivity contribution < 1.29 is 4.74 Å². The zero-order valence-electron chi connectivity index (χ0n) is 12.9. The number of hydrogen-bond acceptors (Lipinski definition) is 4. The van der Waals surface area contributed by atoms with Crippen LogP contribution >= 0.6 is 11.8 Å². The third-order valence-electron chi connectivity index (χ3n) is 5.31. The molecular formula is C16H30N2OS. The minimum atomic E-state index is 0.230. The monoisotopic (exact) mass is 298 g/mol. The SMILES string of the molecule is CCNCC1CCCCN1C1CCOC2(CCSC2)C1. The second kappa shape index (κ2) is 6.99. The number of likely N-dealkylation sites (N-methyl/N-ethyl adjacent to an activating group) is 1. The lowest BCUT2D eigenvalue weighted by Gasteiger charge is -2.47. The summed E-state index contributed by atoms with van der Waals surface area (Å²) in [7, 11) is 0. The lowest BCUT2D eigenvalue weighted by atomic mass is 9.87. The van der Waals surface area contributed by atoms with Crippen LogP contribution in [0.2, 0.25) is 0 Å². The van der Waals surface area contributed by atoms with Crippen molar-refractivity contribution in [3.63, 3.8) is 0 Å². The molecule has 20 heavy (non-hydrogen) atoms. The van der Waals surface area contributed by atoms with E-state index in [0.717, 1.165) is 25.2 Å². The average molecular weight is 298 g/mol. The summed E-state index contributed by atoms with van der Waals surface area (Å²) in [6, 6.07) is 1.53. The van der Waals surface area contributed by atoms with Gasteiger partial charge in [0, 0.05) is 31.0 Å². The number of nitrogens with one attached hydrogen (secondary N) is 1. The Hall–Kier alpha value is 0.230. The molecule has 0 aromatic rings. The predicted molar refractivity (Wildman–Crippen MR) is 86.5 cm³/mol.